The first-order valence-corrected chi connectivity index (χ1v) is 6.35. The van der Waals surface area contributed by atoms with E-state index in [0.29, 0.717) is 12.5 Å². The monoisotopic (exact) mass is 268 g/mol. The fourth-order valence-electron chi connectivity index (χ4n) is 2.16. The molecule has 0 bridgehead atoms. The van der Waals surface area contributed by atoms with Gasteiger partial charge in [-0.15, -0.1) is 12.4 Å². The lowest BCUT2D eigenvalue weighted by Gasteiger charge is -2.17. The predicted molar refractivity (Wildman–Crippen MR) is 76.1 cm³/mol. The molecule has 0 aliphatic heterocycles. The molecule has 18 heavy (non-hydrogen) atoms. The zero-order valence-corrected chi connectivity index (χ0v) is 11.5. The Balaban J connectivity index is 0.00000162. The number of aryl methyl sites for hydroxylation is 1. The van der Waals surface area contributed by atoms with Crippen molar-refractivity contribution < 1.29 is 4.79 Å². The SMILES string of the molecule is CCc1ccccc1C(=O)NC(CN)C1CC1.Cl. The lowest BCUT2D eigenvalue weighted by Crippen LogP contribution is -2.42. The topological polar surface area (TPSA) is 55.1 Å². The van der Waals surface area contributed by atoms with E-state index >= 15 is 0 Å². The number of hydrogen-bond acceptors (Lipinski definition) is 2. The average molecular weight is 269 g/mol. The molecule has 3 N–H and O–H groups in total. The third-order valence-corrected chi connectivity index (χ3v) is 3.40. The van der Waals surface area contributed by atoms with Gasteiger partial charge in [0.25, 0.3) is 5.91 Å². The number of amides is 1. The molecule has 1 aromatic rings. The van der Waals surface area contributed by atoms with Crippen molar-refractivity contribution in [2.45, 2.75) is 32.2 Å². The zero-order valence-electron chi connectivity index (χ0n) is 10.7. The van der Waals surface area contributed by atoms with Gasteiger partial charge in [-0.1, -0.05) is 25.1 Å². The summed E-state index contributed by atoms with van der Waals surface area (Å²) < 4.78 is 0. The quantitative estimate of drug-likeness (QED) is 0.860. The Bertz CT molecular complexity index is 405. The highest BCUT2D eigenvalue weighted by Crippen LogP contribution is 2.32. The minimum Gasteiger partial charge on any atom is -0.348 e. The molecule has 1 unspecified atom stereocenters. The normalized spacial score (nSPS) is 15.7. The first-order chi connectivity index (χ1) is 8.26. The van der Waals surface area contributed by atoms with E-state index in [4.69, 9.17) is 5.73 Å². The minimum atomic E-state index is 0. The maximum Gasteiger partial charge on any atom is 0.251 e. The Morgan fingerprint density at radius 1 is 1.44 bits per heavy atom. The van der Waals surface area contributed by atoms with Crippen LogP contribution >= 0.6 is 12.4 Å². The van der Waals surface area contributed by atoms with E-state index in [0.717, 1.165) is 17.5 Å². The van der Waals surface area contributed by atoms with Gasteiger partial charge < -0.3 is 11.1 Å². The number of nitrogens with one attached hydrogen (secondary N) is 1. The van der Waals surface area contributed by atoms with Gasteiger partial charge in [-0.05, 0) is 36.8 Å². The zero-order chi connectivity index (χ0) is 12.3. The number of carbonyl (C=O) groups is 1. The minimum absolute atomic E-state index is 0. The first-order valence-electron chi connectivity index (χ1n) is 6.35. The van der Waals surface area contributed by atoms with Crippen LogP contribution in [-0.2, 0) is 6.42 Å². The Morgan fingerprint density at radius 3 is 2.67 bits per heavy atom. The van der Waals surface area contributed by atoms with Gasteiger partial charge in [-0.25, -0.2) is 0 Å². The van der Waals surface area contributed by atoms with Crippen molar-refractivity contribution >= 4 is 18.3 Å². The molecule has 1 fully saturated rings. The summed E-state index contributed by atoms with van der Waals surface area (Å²) in [5, 5.41) is 3.06. The van der Waals surface area contributed by atoms with Crippen molar-refractivity contribution in [3.05, 3.63) is 35.4 Å². The van der Waals surface area contributed by atoms with E-state index in [1.54, 1.807) is 0 Å². The van der Waals surface area contributed by atoms with Crippen LogP contribution in [0.5, 0.6) is 0 Å². The van der Waals surface area contributed by atoms with Gasteiger partial charge in [-0.2, -0.15) is 0 Å². The van der Waals surface area contributed by atoms with Crippen molar-refractivity contribution in [1.29, 1.82) is 0 Å². The van der Waals surface area contributed by atoms with Crippen LogP contribution in [0.4, 0.5) is 0 Å². The summed E-state index contributed by atoms with van der Waals surface area (Å²) in [4.78, 5) is 12.2. The number of hydrogen-bond donors (Lipinski definition) is 2. The molecular formula is C14H21ClN2O. The molecule has 2 rings (SSSR count). The van der Waals surface area contributed by atoms with E-state index < -0.39 is 0 Å². The molecular weight excluding hydrogens is 248 g/mol. The molecule has 1 aliphatic rings. The average Bonchev–Trinajstić information content (AvgIpc) is 3.19. The van der Waals surface area contributed by atoms with Crippen molar-refractivity contribution in [3.8, 4) is 0 Å². The van der Waals surface area contributed by atoms with E-state index in [2.05, 4.69) is 12.2 Å². The van der Waals surface area contributed by atoms with Gasteiger partial charge in [-0.3, -0.25) is 4.79 Å². The number of halogens is 1. The Labute approximate surface area is 115 Å². The van der Waals surface area contributed by atoms with Gasteiger partial charge in [0.15, 0.2) is 0 Å². The van der Waals surface area contributed by atoms with Crippen molar-refractivity contribution in [2.75, 3.05) is 6.54 Å². The molecule has 4 heteroatoms. The maximum atomic E-state index is 12.2. The number of carbonyl (C=O) groups excluding carboxylic acids is 1. The molecule has 0 aromatic heterocycles. The summed E-state index contributed by atoms with van der Waals surface area (Å²) in [6, 6.07) is 7.91. The largest absolute Gasteiger partial charge is 0.348 e. The Kier molecular flexibility index (Phi) is 5.63. The highest BCUT2D eigenvalue weighted by atomic mass is 35.5. The van der Waals surface area contributed by atoms with Crippen molar-refractivity contribution in [3.63, 3.8) is 0 Å². The Morgan fingerprint density at radius 2 is 2.11 bits per heavy atom. The molecule has 0 saturated heterocycles. The molecule has 1 aromatic carbocycles. The first kappa shape index (κ1) is 15.0. The number of benzene rings is 1. The highest BCUT2D eigenvalue weighted by molar-refractivity contribution is 5.95. The van der Waals surface area contributed by atoms with Gasteiger partial charge in [0, 0.05) is 18.2 Å². The van der Waals surface area contributed by atoms with Crippen LogP contribution in [-0.4, -0.2) is 18.5 Å². The second-order valence-electron chi connectivity index (χ2n) is 4.66. The third-order valence-electron chi connectivity index (χ3n) is 3.40. The van der Waals surface area contributed by atoms with Crippen molar-refractivity contribution in [2.24, 2.45) is 11.7 Å². The molecule has 0 spiro atoms. The highest BCUT2D eigenvalue weighted by Gasteiger charge is 2.31. The summed E-state index contributed by atoms with van der Waals surface area (Å²) in [6.45, 7) is 2.60. The van der Waals surface area contributed by atoms with Crippen LogP contribution in [0.1, 0.15) is 35.7 Å². The predicted octanol–water partition coefficient (Wildman–Crippen LogP) is 2.14. The van der Waals surface area contributed by atoms with Gasteiger partial charge in [0.1, 0.15) is 0 Å². The van der Waals surface area contributed by atoms with Gasteiger partial charge in [0.05, 0.1) is 0 Å². The van der Waals surface area contributed by atoms with E-state index in [9.17, 15) is 4.79 Å². The second kappa shape index (κ2) is 6.76. The Hall–Kier alpha value is -1.06. The summed E-state index contributed by atoms with van der Waals surface area (Å²) in [5.41, 5.74) is 7.58. The van der Waals surface area contributed by atoms with Crippen LogP contribution in [0.25, 0.3) is 0 Å². The van der Waals surface area contributed by atoms with Crippen LogP contribution in [0.3, 0.4) is 0 Å². The van der Waals surface area contributed by atoms with E-state index in [1.165, 1.54) is 12.8 Å². The third kappa shape index (κ3) is 3.47. The van der Waals surface area contributed by atoms with E-state index in [1.807, 2.05) is 24.3 Å². The fourth-order valence-corrected chi connectivity index (χ4v) is 2.16. The van der Waals surface area contributed by atoms with Crippen LogP contribution < -0.4 is 11.1 Å². The van der Waals surface area contributed by atoms with Gasteiger partial charge in [0.2, 0.25) is 0 Å². The standard InChI is InChI=1S/C14H20N2O.ClH/c1-2-10-5-3-4-6-12(10)14(17)16-13(9-15)11-7-8-11;/h3-6,11,13H,2,7-9,15H2,1H3,(H,16,17);1H. The summed E-state index contributed by atoms with van der Waals surface area (Å²) in [5.74, 6) is 0.613. The molecule has 1 atom stereocenters. The van der Waals surface area contributed by atoms with Gasteiger partial charge >= 0.3 is 0 Å². The molecule has 0 heterocycles. The van der Waals surface area contributed by atoms with Crippen LogP contribution in [0, 0.1) is 5.92 Å². The second-order valence-corrected chi connectivity index (χ2v) is 4.66. The fraction of sp³-hybridized carbons (Fsp3) is 0.500. The molecule has 1 amide bonds. The summed E-state index contributed by atoms with van der Waals surface area (Å²) in [7, 11) is 0. The summed E-state index contributed by atoms with van der Waals surface area (Å²) in [6.07, 6.45) is 3.26. The van der Waals surface area contributed by atoms with Crippen LogP contribution in [0.2, 0.25) is 0 Å². The number of nitrogens with two attached hydrogens (primary N) is 1. The lowest BCUT2D eigenvalue weighted by molar-refractivity contribution is 0.0932. The molecule has 3 nitrogen and oxygen atoms in total. The van der Waals surface area contributed by atoms with E-state index in [-0.39, 0.29) is 24.4 Å². The molecule has 1 aliphatic carbocycles. The molecule has 100 valence electrons. The maximum absolute atomic E-state index is 12.2. The van der Waals surface area contributed by atoms with Crippen LogP contribution in [0.15, 0.2) is 24.3 Å². The molecule has 1 saturated carbocycles. The number of rotatable bonds is 5. The summed E-state index contributed by atoms with van der Waals surface area (Å²) >= 11 is 0. The smallest absolute Gasteiger partial charge is 0.251 e. The molecule has 0 radical (unpaired) electrons. The lowest BCUT2D eigenvalue weighted by atomic mass is 10.0. The van der Waals surface area contributed by atoms with Crippen molar-refractivity contribution in [1.82, 2.24) is 5.32 Å².